The van der Waals surface area contributed by atoms with Crippen LogP contribution in [0.2, 0.25) is 0 Å². The zero-order valence-electron chi connectivity index (χ0n) is 12.3. The zero-order chi connectivity index (χ0) is 14.5. The number of hydrogen-bond acceptors (Lipinski definition) is 5. The van der Waals surface area contributed by atoms with Crippen LogP contribution < -0.4 is 14.8 Å². The molecule has 112 valence electrons. The summed E-state index contributed by atoms with van der Waals surface area (Å²) in [6.45, 7) is 6.56. The van der Waals surface area contributed by atoms with Gasteiger partial charge in [0.25, 0.3) is 0 Å². The Hall–Kier alpha value is -0.910. The number of rotatable bonds is 6. The first-order chi connectivity index (χ1) is 9.61. The molecule has 0 radical (unpaired) electrons. The highest BCUT2D eigenvalue weighted by Gasteiger charge is 2.16. The van der Waals surface area contributed by atoms with Gasteiger partial charge >= 0.3 is 0 Å². The molecule has 20 heavy (non-hydrogen) atoms. The highest BCUT2D eigenvalue weighted by Crippen LogP contribution is 2.36. The van der Waals surface area contributed by atoms with Crippen LogP contribution in [0.5, 0.6) is 11.5 Å². The molecule has 0 amide bonds. The lowest BCUT2D eigenvalue weighted by atomic mass is 10.1. The van der Waals surface area contributed by atoms with Crippen LogP contribution in [-0.4, -0.2) is 37.2 Å². The molecule has 0 fully saturated rings. The number of benzene rings is 1. The van der Waals surface area contributed by atoms with Crippen LogP contribution in [0.4, 0.5) is 0 Å². The third-order valence-corrected chi connectivity index (χ3v) is 4.20. The van der Waals surface area contributed by atoms with E-state index in [0.29, 0.717) is 19.8 Å². The second-order valence-corrected chi connectivity index (χ2v) is 6.10. The predicted octanol–water partition coefficient (Wildman–Crippen LogP) is 2.29. The van der Waals surface area contributed by atoms with Gasteiger partial charge in [-0.15, -0.1) is 11.8 Å². The molecule has 1 aliphatic rings. The van der Waals surface area contributed by atoms with E-state index in [4.69, 9.17) is 9.47 Å². The smallest absolute Gasteiger partial charge is 0.162 e. The van der Waals surface area contributed by atoms with Crippen molar-refractivity contribution in [2.45, 2.75) is 31.4 Å². The SMILES string of the molecule is CSc1cc2c(cc1CNCC(O)C(C)C)OCCO2. The van der Waals surface area contributed by atoms with E-state index in [1.807, 2.05) is 26.0 Å². The van der Waals surface area contributed by atoms with Crippen LogP contribution >= 0.6 is 11.8 Å². The Bertz CT molecular complexity index is 451. The lowest BCUT2D eigenvalue weighted by Gasteiger charge is -2.21. The van der Waals surface area contributed by atoms with E-state index in [-0.39, 0.29) is 12.0 Å². The third kappa shape index (κ3) is 3.81. The van der Waals surface area contributed by atoms with Gasteiger partial charge in [-0.3, -0.25) is 0 Å². The minimum Gasteiger partial charge on any atom is -0.486 e. The lowest BCUT2D eigenvalue weighted by Crippen LogP contribution is -2.30. The molecule has 5 heteroatoms. The van der Waals surface area contributed by atoms with E-state index in [9.17, 15) is 5.11 Å². The average molecular weight is 297 g/mol. The van der Waals surface area contributed by atoms with Crippen LogP contribution in [0.1, 0.15) is 19.4 Å². The second-order valence-electron chi connectivity index (χ2n) is 5.25. The highest BCUT2D eigenvalue weighted by atomic mass is 32.2. The highest BCUT2D eigenvalue weighted by molar-refractivity contribution is 7.98. The van der Waals surface area contributed by atoms with Crippen molar-refractivity contribution in [1.29, 1.82) is 0 Å². The number of aliphatic hydroxyl groups excluding tert-OH is 1. The Balaban J connectivity index is 2.03. The lowest BCUT2D eigenvalue weighted by molar-refractivity contribution is 0.123. The van der Waals surface area contributed by atoms with Crippen LogP contribution in [-0.2, 0) is 6.54 Å². The Morgan fingerprint density at radius 3 is 2.50 bits per heavy atom. The molecule has 1 aromatic carbocycles. The first kappa shape index (κ1) is 15.5. The van der Waals surface area contributed by atoms with Crippen LogP contribution in [0.25, 0.3) is 0 Å². The number of ether oxygens (including phenoxy) is 2. The quantitative estimate of drug-likeness (QED) is 0.789. The van der Waals surface area contributed by atoms with Gasteiger partial charge in [0.05, 0.1) is 6.10 Å². The van der Waals surface area contributed by atoms with Crippen molar-refractivity contribution in [3.05, 3.63) is 17.7 Å². The summed E-state index contributed by atoms with van der Waals surface area (Å²) in [6, 6.07) is 4.07. The van der Waals surface area contributed by atoms with E-state index < -0.39 is 0 Å². The topological polar surface area (TPSA) is 50.7 Å². The van der Waals surface area contributed by atoms with E-state index in [1.54, 1.807) is 11.8 Å². The standard InChI is InChI=1S/C15H23NO3S/c1-10(2)12(17)9-16-8-11-6-13-14(7-15(11)20-3)19-5-4-18-13/h6-7,10,12,16-17H,4-5,8-9H2,1-3H3. The van der Waals surface area contributed by atoms with Crippen LogP contribution in [0.3, 0.4) is 0 Å². The fraction of sp³-hybridized carbons (Fsp3) is 0.600. The maximum absolute atomic E-state index is 9.81. The van der Waals surface area contributed by atoms with Crippen molar-refractivity contribution in [3.63, 3.8) is 0 Å². The molecule has 0 saturated heterocycles. The molecule has 0 spiro atoms. The summed E-state index contributed by atoms with van der Waals surface area (Å²) >= 11 is 1.70. The fourth-order valence-electron chi connectivity index (χ4n) is 2.03. The minimum atomic E-state index is -0.315. The maximum atomic E-state index is 9.81. The summed E-state index contributed by atoms with van der Waals surface area (Å²) in [6.07, 6.45) is 1.74. The number of thioether (sulfide) groups is 1. The number of fused-ring (bicyclic) bond motifs is 1. The normalized spacial score (nSPS) is 15.4. The Labute approximate surface area is 124 Å². The van der Waals surface area contributed by atoms with E-state index >= 15 is 0 Å². The van der Waals surface area contributed by atoms with Gasteiger partial charge in [0.2, 0.25) is 0 Å². The summed E-state index contributed by atoms with van der Waals surface area (Å²) in [4.78, 5) is 1.18. The summed E-state index contributed by atoms with van der Waals surface area (Å²) in [5.74, 6) is 1.91. The van der Waals surface area contributed by atoms with Crippen LogP contribution in [0, 0.1) is 5.92 Å². The van der Waals surface area contributed by atoms with Crippen molar-refractivity contribution < 1.29 is 14.6 Å². The van der Waals surface area contributed by atoms with E-state index in [1.165, 1.54) is 10.5 Å². The predicted molar refractivity (Wildman–Crippen MR) is 81.8 cm³/mol. The van der Waals surface area contributed by atoms with Gasteiger partial charge in [0, 0.05) is 18.0 Å². The molecular weight excluding hydrogens is 274 g/mol. The molecule has 0 aromatic heterocycles. The van der Waals surface area contributed by atoms with Gasteiger partial charge in [-0.05, 0) is 29.9 Å². The molecule has 1 aliphatic heterocycles. The first-order valence-corrected chi connectivity index (χ1v) is 8.19. The van der Waals surface area contributed by atoms with Gasteiger partial charge < -0.3 is 19.9 Å². The Kier molecular flexibility index (Phi) is 5.57. The van der Waals surface area contributed by atoms with Crippen LogP contribution in [0.15, 0.2) is 17.0 Å². The molecule has 1 heterocycles. The van der Waals surface area contributed by atoms with E-state index in [2.05, 4.69) is 11.6 Å². The molecular formula is C15H23NO3S. The molecule has 2 N–H and O–H groups in total. The minimum absolute atomic E-state index is 0.266. The number of nitrogens with one attached hydrogen (secondary N) is 1. The molecule has 4 nitrogen and oxygen atoms in total. The van der Waals surface area contributed by atoms with Crippen molar-refractivity contribution in [1.82, 2.24) is 5.32 Å². The molecule has 0 aliphatic carbocycles. The molecule has 0 bridgehead atoms. The van der Waals surface area contributed by atoms with Gasteiger partial charge in [-0.25, -0.2) is 0 Å². The first-order valence-electron chi connectivity index (χ1n) is 6.97. The third-order valence-electron chi connectivity index (χ3n) is 3.38. The summed E-state index contributed by atoms with van der Waals surface area (Å²) < 4.78 is 11.2. The second kappa shape index (κ2) is 7.20. The largest absolute Gasteiger partial charge is 0.486 e. The van der Waals surface area contributed by atoms with E-state index in [0.717, 1.165) is 18.0 Å². The molecule has 1 aromatic rings. The van der Waals surface area contributed by atoms with Gasteiger partial charge in [-0.1, -0.05) is 13.8 Å². The molecule has 1 atom stereocenters. The Morgan fingerprint density at radius 1 is 1.25 bits per heavy atom. The zero-order valence-corrected chi connectivity index (χ0v) is 13.1. The summed E-state index contributed by atoms with van der Waals surface area (Å²) in [5, 5.41) is 13.1. The Morgan fingerprint density at radius 2 is 1.90 bits per heavy atom. The van der Waals surface area contributed by atoms with Gasteiger partial charge in [-0.2, -0.15) is 0 Å². The molecule has 0 saturated carbocycles. The van der Waals surface area contributed by atoms with Gasteiger partial charge in [0.1, 0.15) is 13.2 Å². The van der Waals surface area contributed by atoms with Crippen molar-refractivity contribution in [2.75, 3.05) is 26.0 Å². The van der Waals surface area contributed by atoms with Crippen molar-refractivity contribution >= 4 is 11.8 Å². The number of hydrogen-bond donors (Lipinski definition) is 2. The maximum Gasteiger partial charge on any atom is 0.162 e. The fourth-order valence-corrected chi connectivity index (χ4v) is 2.65. The molecule has 1 unspecified atom stereocenters. The summed E-state index contributed by atoms with van der Waals surface area (Å²) in [5.41, 5.74) is 1.18. The van der Waals surface area contributed by atoms with Crippen molar-refractivity contribution in [2.24, 2.45) is 5.92 Å². The average Bonchev–Trinajstić information content (AvgIpc) is 2.46. The molecule has 2 rings (SSSR count). The van der Waals surface area contributed by atoms with Crippen molar-refractivity contribution in [3.8, 4) is 11.5 Å². The number of aliphatic hydroxyl groups is 1. The van der Waals surface area contributed by atoms with Gasteiger partial charge in [0.15, 0.2) is 11.5 Å². The monoisotopic (exact) mass is 297 g/mol. The summed E-state index contributed by atoms with van der Waals surface area (Å²) in [7, 11) is 0.